The highest BCUT2D eigenvalue weighted by Crippen LogP contribution is 2.28. The molecule has 1 aromatic rings. The summed E-state index contributed by atoms with van der Waals surface area (Å²) in [7, 11) is 3.30. The third-order valence-electron chi connectivity index (χ3n) is 3.23. The highest BCUT2D eigenvalue weighted by Gasteiger charge is 2.19. The lowest BCUT2D eigenvalue weighted by atomic mass is 10.1. The van der Waals surface area contributed by atoms with E-state index in [9.17, 15) is 0 Å². The van der Waals surface area contributed by atoms with Crippen LogP contribution in [0.4, 0.5) is 5.69 Å². The second kappa shape index (κ2) is 6.19. The number of amidine groups is 1. The van der Waals surface area contributed by atoms with Crippen LogP contribution >= 0.6 is 11.8 Å². The van der Waals surface area contributed by atoms with Crippen LogP contribution in [0.5, 0.6) is 11.5 Å². The topological polar surface area (TPSA) is 42.8 Å². The molecule has 0 radical (unpaired) electrons. The largest absolute Gasteiger partial charge is 0.497 e. The molecular formula is C14H20N2O2S. The van der Waals surface area contributed by atoms with Crippen LogP contribution in [0.25, 0.3) is 0 Å². The number of ether oxygens (including phenoxy) is 2. The Morgan fingerprint density at radius 1 is 1.16 bits per heavy atom. The summed E-state index contributed by atoms with van der Waals surface area (Å²) < 4.78 is 10.5. The molecule has 1 N–H and O–H groups in total. The second-order valence-electron chi connectivity index (χ2n) is 4.69. The molecule has 4 nitrogen and oxygen atoms in total. The van der Waals surface area contributed by atoms with Gasteiger partial charge >= 0.3 is 0 Å². The van der Waals surface area contributed by atoms with E-state index in [0.29, 0.717) is 12.0 Å². The quantitative estimate of drug-likeness (QED) is 0.923. The summed E-state index contributed by atoms with van der Waals surface area (Å²) >= 11 is 1.75. The summed E-state index contributed by atoms with van der Waals surface area (Å²) in [4.78, 5) is 4.66. The fourth-order valence-electron chi connectivity index (χ4n) is 1.77. The van der Waals surface area contributed by atoms with E-state index in [4.69, 9.17) is 9.47 Å². The van der Waals surface area contributed by atoms with Crippen molar-refractivity contribution in [3.8, 4) is 11.5 Å². The van der Waals surface area contributed by atoms with Gasteiger partial charge in [-0.1, -0.05) is 18.7 Å². The van der Waals surface area contributed by atoms with E-state index in [2.05, 4.69) is 24.2 Å². The lowest BCUT2D eigenvalue weighted by Crippen LogP contribution is -2.25. The number of nitrogens with zero attached hydrogens (tertiary/aromatic N) is 1. The van der Waals surface area contributed by atoms with Crippen molar-refractivity contribution in [2.45, 2.75) is 19.9 Å². The molecule has 104 valence electrons. The minimum Gasteiger partial charge on any atom is -0.497 e. The number of aliphatic imine (C=N–C) groups is 1. The third kappa shape index (κ3) is 3.56. The minimum absolute atomic E-state index is 0.358. The predicted octanol–water partition coefficient (Wildman–Crippen LogP) is 3.24. The molecule has 1 heterocycles. The Balaban J connectivity index is 2.17. The molecule has 0 aliphatic carbocycles. The van der Waals surface area contributed by atoms with Gasteiger partial charge in [0.1, 0.15) is 11.5 Å². The van der Waals surface area contributed by atoms with Gasteiger partial charge in [-0.25, -0.2) is 0 Å². The van der Waals surface area contributed by atoms with E-state index in [1.807, 2.05) is 18.2 Å². The Bertz CT molecular complexity index is 454. The highest BCUT2D eigenvalue weighted by atomic mass is 32.2. The molecule has 0 fully saturated rings. The van der Waals surface area contributed by atoms with Gasteiger partial charge in [0.05, 0.1) is 20.3 Å². The number of hydrogen-bond donors (Lipinski definition) is 1. The maximum Gasteiger partial charge on any atom is 0.161 e. The predicted molar refractivity (Wildman–Crippen MR) is 81.7 cm³/mol. The Morgan fingerprint density at radius 3 is 2.32 bits per heavy atom. The van der Waals surface area contributed by atoms with Crippen molar-refractivity contribution in [2.24, 2.45) is 10.9 Å². The van der Waals surface area contributed by atoms with Crippen molar-refractivity contribution in [1.82, 2.24) is 0 Å². The van der Waals surface area contributed by atoms with E-state index in [1.54, 1.807) is 26.0 Å². The van der Waals surface area contributed by atoms with E-state index in [-0.39, 0.29) is 0 Å². The van der Waals surface area contributed by atoms with Crippen LogP contribution < -0.4 is 14.8 Å². The highest BCUT2D eigenvalue weighted by molar-refractivity contribution is 8.14. The van der Waals surface area contributed by atoms with Crippen LogP contribution in [0, 0.1) is 5.92 Å². The SMILES string of the molecule is COc1cc(NC2=NC(C)C(C)CS2)cc(OC)c1. The Morgan fingerprint density at radius 2 is 1.79 bits per heavy atom. The number of thioether (sulfide) groups is 1. The number of rotatable bonds is 3. The standard InChI is InChI=1S/C14H20N2O2S/c1-9-8-19-14(15-10(9)2)16-11-5-12(17-3)7-13(6-11)18-4/h5-7,9-10H,8H2,1-4H3,(H,15,16). The zero-order valence-electron chi connectivity index (χ0n) is 11.8. The van der Waals surface area contributed by atoms with E-state index in [0.717, 1.165) is 28.1 Å². The van der Waals surface area contributed by atoms with Crippen LogP contribution in [0.1, 0.15) is 13.8 Å². The third-order valence-corrected chi connectivity index (χ3v) is 4.40. The molecule has 0 saturated carbocycles. The van der Waals surface area contributed by atoms with Crippen LogP contribution in [0.2, 0.25) is 0 Å². The maximum atomic E-state index is 5.26. The molecule has 2 atom stereocenters. The average molecular weight is 280 g/mol. The number of benzene rings is 1. The first-order chi connectivity index (χ1) is 9.12. The maximum absolute atomic E-state index is 5.26. The number of hydrogen-bond acceptors (Lipinski definition) is 5. The van der Waals surface area contributed by atoms with Crippen molar-refractivity contribution in [2.75, 3.05) is 25.3 Å². The van der Waals surface area contributed by atoms with Crippen LogP contribution in [0.3, 0.4) is 0 Å². The minimum atomic E-state index is 0.358. The molecule has 19 heavy (non-hydrogen) atoms. The summed E-state index contributed by atoms with van der Waals surface area (Å²) in [5.74, 6) is 3.25. The molecule has 0 aromatic heterocycles. The van der Waals surface area contributed by atoms with Gasteiger partial charge in [-0.05, 0) is 12.8 Å². The van der Waals surface area contributed by atoms with E-state index >= 15 is 0 Å². The lowest BCUT2D eigenvalue weighted by Gasteiger charge is -2.23. The summed E-state index contributed by atoms with van der Waals surface area (Å²) in [5.41, 5.74) is 0.934. The van der Waals surface area contributed by atoms with Crippen LogP contribution in [0.15, 0.2) is 23.2 Å². The van der Waals surface area contributed by atoms with Crippen LogP contribution in [-0.4, -0.2) is 31.2 Å². The lowest BCUT2D eigenvalue weighted by molar-refractivity contribution is 0.395. The molecule has 1 aromatic carbocycles. The fourth-order valence-corrected chi connectivity index (χ4v) is 2.90. The van der Waals surface area contributed by atoms with Crippen molar-refractivity contribution in [3.63, 3.8) is 0 Å². The molecular weight excluding hydrogens is 260 g/mol. The summed E-state index contributed by atoms with van der Waals surface area (Å²) in [6.45, 7) is 4.38. The van der Waals surface area contributed by atoms with Crippen LogP contribution in [-0.2, 0) is 0 Å². The number of anilines is 1. The molecule has 5 heteroatoms. The van der Waals surface area contributed by atoms with Gasteiger partial charge in [0, 0.05) is 29.6 Å². The molecule has 1 aliphatic rings. The molecule has 2 rings (SSSR count). The molecule has 0 bridgehead atoms. The Hall–Kier alpha value is -1.36. The zero-order valence-corrected chi connectivity index (χ0v) is 12.6. The summed E-state index contributed by atoms with van der Waals surface area (Å²) in [6.07, 6.45) is 0. The fraction of sp³-hybridized carbons (Fsp3) is 0.500. The zero-order chi connectivity index (χ0) is 13.8. The first kappa shape index (κ1) is 14.1. The molecule has 1 aliphatic heterocycles. The molecule has 0 saturated heterocycles. The van der Waals surface area contributed by atoms with Crippen molar-refractivity contribution in [1.29, 1.82) is 0 Å². The van der Waals surface area contributed by atoms with Gasteiger partial charge in [0.25, 0.3) is 0 Å². The first-order valence-electron chi connectivity index (χ1n) is 6.33. The van der Waals surface area contributed by atoms with Gasteiger partial charge in [0.2, 0.25) is 0 Å². The van der Waals surface area contributed by atoms with Gasteiger partial charge in [-0.3, -0.25) is 4.99 Å². The normalized spacial score (nSPS) is 22.6. The monoisotopic (exact) mass is 280 g/mol. The summed E-state index contributed by atoms with van der Waals surface area (Å²) in [5, 5.41) is 4.29. The van der Waals surface area contributed by atoms with Crippen molar-refractivity contribution < 1.29 is 9.47 Å². The van der Waals surface area contributed by atoms with Crippen molar-refractivity contribution >= 4 is 22.6 Å². The number of nitrogens with one attached hydrogen (secondary N) is 1. The van der Waals surface area contributed by atoms with E-state index in [1.165, 1.54) is 0 Å². The van der Waals surface area contributed by atoms with Gasteiger partial charge in [-0.2, -0.15) is 0 Å². The van der Waals surface area contributed by atoms with Gasteiger partial charge < -0.3 is 14.8 Å². The Labute approximate surface area is 118 Å². The smallest absolute Gasteiger partial charge is 0.161 e. The first-order valence-corrected chi connectivity index (χ1v) is 7.31. The average Bonchev–Trinajstić information content (AvgIpc) is 2.42. The number of methoxy groups -OCH3 is 2. The van der Waals surface area contributed by atoms with Gasteiger partial charge in [0.15, 0.2) is 5.17 Å². The van der Waals surface area contributed by atoms with Crippen molar-refractivity contribution in [3.05, 3.63) is 18.2 Å². The second-order valence-corrected chi connectivity index (χ2v) is 5.70. The molecule has 0 spiro atoms. The molecule has 2 unspecified atom stereocenters. The Kier molecular flexibility index (Phi) is 4.58. The van der Waals surface area contributed by atoms with E-state index < -0.39 is 0 Å². The molecule has 0 amide bonds. The summed E-state index contributed by atoms with van der Waals surface area (Å²) in [6, 6.07) is 6.09. The van der Waals surface area contributed by atoms with Gasteiger partial charge in [-0.15, -0.1) is 0 Å².